The quantitative estimate of drug-likeness (QED) is 0.540. The van der Waals surface area contributed by atoms with E-state index in [4.69, 9.17) is 11.6 Å². The van der Waals surface area contributed by atoms with Crippen LogP contribution < -0.4 is 10.6 Å². The Balaban J connectivity index is 1.73. The summed E-state index contributed by atoms with van der Waals surface area (Å²) < 4.78 is 1.69. The summed E-state index contributed by atoms with van der Waals surface area (Å²) in [5, 5.41) is 33.2. The van der Waals surface area contributed by atoms with Gasteiger partial charge in [-0.2, -0.15) is 10.4 Å². The zero-order valence-electron chi connectivity index (χ0n) is 17.5. The minimum absolute atomic E-state index is 0.338. The standard InChI is InChI=1S/C24H26ClN5O/c1-16-4-6-18(7-5-16)23(31)22-21(13-26)24(28-15-17-3-2-12-27-14-17)30(29-22)20-10-8-19(25)9-11-20/h4-11,17,23,27-28,31H,2-3,12,14-15H2,1H3. The van der Waals surface area contributed by atoms with Gasteiger partial charge < -0.3 is 15.7 Å². The molecule has 3 N–H and O–H groups in total. The Morgan fingerprint density at radius 1 is 1.26 bits per heavy atom. The summed E-state index contributed by atoms with van der Waals surface area (Å²) in [6.07, 6.45) is 1.28. The van der Waals surface area contributed by atoms with Gasteiger partial charge in [-0.1, -0.05) is 41.4 Å². The lowest BCUT2D eigenvalue weighted by molar-refractivity contribution is 0.214. The van der Waals surface area contributed by atoms with E-state index in [0.717, 1.165) is 43.7 Å². The Morgan fingerprint density at radius 3 is 2.65 bits per heavy atom. The number of nitriles is 1. The van der Waals surface area contributed by atoms with Crippen LogP contribution in [0.5, 0.6) is 0 Å². The van der Waals surface area contributed by atoms with Crippen LogP contribution in [-0.2, 0) is 0 Å². The molecule has 1 saturated heterocycles. The predicted octanol–water partition coefficient (Wildman–Crippen LogP) is 4.20. The fraction of sp³-hybridized carbons (Fsp3) is 0.333. The Labute approximate surface area is 187 Å². The Morgan fingerprint density at radius 2 is 2.00 bits per heavy atom. The maximum Gasteiger partial charge on any atom is 0.148 e. The molecule has 4 rings (SSSR count). The van der Waals surface area contributed by atoms with E-state index in [2.05, 4.69) is 21.8 Å². The Bertz CT molecular complexity index is 1060. The highest BCUT2D eigenvalue weighted by atomic mass is 35.5. The van der Waals surface area contributed by atoms with E-state index in [0.29, 0.717) is 33.6 Å². The molecule has 1 fully saturated rings. The first kappa shape index (κ1) is 21.4. The number of nitrogens with zero attached hydrogens (tertiary/aromatic N) is 3. The van der Waals surface area contributed by atoms with E-state index in [-0.39, 0.29) is 0 Å². The van der Waals surface area contributed by atoms with Crippen molar-refractivity contribution in [3.05, 3.63) is 75.9 Å². The van der Waals surface area contributed by atoms with Crippen LogP contribution in [0.4, 0.5) is 5.82 Å². The molecule has 1 aliphatic heterocycles. The number of aliphatic hydroxyl groups is 1. The second kappa shape index (κ2) is 9.52. The second-order valence-corrected chi connectivity index (χ2v) is 8.45. The molecule has 6 nitrogen and oxygen atoms in total. The van der Waals surface area contributed by atoms with E-state index in [9.17, 15) is 10.4 Å². The molecule has 7 heteroatoms. The summed E-state index contributed by atoms with van der Waals surface area (Å²) in [4.78, 5) is 0. The van der Waals surface area contributed by atoms with Gasteiger partial charge in [0.1, 0.15) is 29.2 Å². The van der Waals surface area contributed by atoms with Crippen LogP contribution in [0, 0.1) is 24.2 Å². The van der Waals surface area contributed by atoms with Crippen molar-refractivity contribution in [1.82, 2.24) is 15.1 Å². The molecule has 2 heterocycles. The number of aromatic nitrogens is 2. The van der Waals surface area contributed by atoms with Crippen molar-refractivity contribution in [2.75, 3.05) is 25.0 Å². The summed E-state index contributed by atoms with van der Waals surface area (Å²) in [6.45, 7) is 4.72. The number of aliphatic hydroxyl groups excluding tert-OH is 1. The SMILES string of the molecule is Cc1ccc(C(O)c2nn(-c3ccc(Cl)cc3)c(NCC3CCCNC3)c2C#N)cc1. The van der Waals surface area contributed by atoms with Gasteiger partial charge in [0.25, 0.3) is 0 Å². The highest BCUT2D eigenvalue weighted by Crippen LogP contribution is 2.31. The first-order valence-electron chi connectivity index (χ1n) is 10.5. The van der Waals surface area contributed by atoms with Crippen LogP contribution in [0.2, 0.25) is 5.02 Å². The molecule has 31 heavy (non-hydrogen) atoms. The van der Waals surface area contributed by atoms with Gasteiger partial charge in [-0.3, -0.25) is 0 Å². The molecular weight excluding hydrogens is 410 g/mol. The predicted molar refractivity (Wildman–Crippen MR) is 123 cm³/mol. The van der Waals surface area contributed by atoms with Crippen molar-refractivity contribution in [3.63, 3.8) is 0 Å². The summed E-state index contributed by atoms with van der Waals surface area (Å²) in [7, 11) is 0. The third-order valence-electron chi connectivity index (χ3n) is 5.70. The largest absolute Gasteiger partial charge is 0.382 e. The van der Waals surface area contributed by atoms with Gasteiger partial charge in [-0.15, -0.1) is 0 Å². The van der Waals surface area contributed by atoms with Crippen LogP contribution in [-0.4, -0.2) is 34.5 Å². The number of nitrogens with one attached hydrogen (secondary N) is 2. The minimum Gasteiger partial charge on any atom is -0.382 e. The van der Waals surface area contributed by atoms with Crippen LogP contribution in [0.15, 0.2) is 48.5 Å². The van der Waals surface area contributed by atoms with Crippen molar-refractivity contribution in [3.8, 4) is 11.8 Å². The molecule has 0 amide bonds. The average molecular weight is 436 g/mol. The molecule has 1 aromatic heterocycles. The first-order valence-corrected chi connectivity index (χ1v) is 10.9. The Hall–Kier alpha value is -2.85. The topological polar surface area (TPSA) is 85.9 Å². The molecule has 0 saturated carbocycles. The number of rotatable bonds is 6. The molecule has 2 atom stereocenters. The number of hydrogen-bond donors (Lipinski definition) is 3. The van der Waals surface area contributed by atoms with Crippen molar-refractivity contribution in [1.29, 1.82) is 5.26 Å². The lowest BCUT2D eigenvalue weighted by Gasteiger charge is -2.23. The molecule has 3 aromatic rings. The van der Waals surface area contributed by atoms with Gasteiger partial charge in [-0.05, 0) is 68.6 Å². The fourth-order valence-electron chi connectivity index (χ4n) is 3.91. The Kier molecular flexibility index (Phi) is 6.57. The third-order valence-corrected chi connectivity index (χ3v) is 5.96. The maximum atomic E-state index is 11.1. The van der Waals surface area contributed by atoms with Gasteiger partial charge in [-0.25, -0.2) is 4.68 Å². The molecule has 1 aliphatic rings. The average Bonchev–Trinajstić information content (AvgIpc) is 3.17. The molecule has 0 aliphatic carbocycles. The summed E-state index contributed by atoms with van der Waals surface area (Å²) >= 11 is 6.06. The summed E-state index contributed by atoms with van der Waals surface area (Å²) in [5.41, 5.74) is 3.27. The smallest absolute Gasteiger partial charge is 0.148 e. The molecule has 0 bridgehead atoms. The normalized spacial score (nSPS) is 17.2. The molecule has 0 radical (unpaired) electrons. The number of anilines is 1. The third kappa shape index (κ3) is 4.75. The van der Waals surface area contributed by atoms with Gasteiger partial charge >= 0.3 is 0 Å². The maximum absolute atomic E-state index is 11.1. The molecular formula is C24H26ClN5O. The highest BCUT2D eigenvalue weighted by molar-refractivity contribution is 6.30. The molecule has 2 aromatic carbocycles. The van der Waals surface area contributed by atoms with Gasteiger partial charge in [0.2, 0.25) is 0 Å². The van der Waals surface area contributed by atoms with Gasteiger partial charge in [0.15, 0.2) is 0 Å². The monoisotopic (exact) mass is 435 g/mol. The molecule has 2 unspecified atom stereocenters. The van der Waals surface area contributed by atoms with Crippen LogP contribution in [0.25, 0.3) is 5.69 Å². The van der Waals surface area contributed by atoms with Crippen LogP contribution >= 0.6 is 11.6 Å². The van der Waals surface area contributed by atoms with Crippen LogP contribution in [0.1, 0.15) is 41.3 Å². The van der Waals surface area contributed by atoms with Crippen molar-refractivity contribution in [2.24, 2.45) is 5.92 Å². The number of piperidine rings is 1. The molecule has 0 spiro atoms. The minimum atomic E-state index is -0.999. The lowest BCUT2D eigenvalue weighted by Crippen LogP contribution is -2.33. The lowest BCUT2D eigenvalue weighted by atomic mass is 9.99. The summed E-state index contributed by atoms with van der Waals surface area (Å²) in [5.74, 6) is 1.07. The van der Waals surface area contributed by atoms with Gasteiger partial charge in [0, 0.05) is 11.6 Å². The van der Waals surface area contributed by atoms with Crippen LogP contribution in [0.3, 0.4) is 0 Å². The van der Waals surface area contributed by atoms with E-state index < -0.39 is 6.10 Å². The van der Waals surface area contributed by atoms with Crippen molar-refractivity contribution >= 4 is 17.4 Å². The van der Waals surface area contributed by atoms with Crippen molar-refractivity contribution in [2.45, 2.75) is 25.9 Å². The van der Waals surface area contributed by atoms with E-state index in [1.807, 2.05) is 43.3 Å². The number of hydrogen-bond acceptors (Lipinski definition) is 5. The van der Waals surface area contributed by atoms with Crippen molar-refractivity contribution < 1.29 is 5.11 Å². The fourth-order valence-corrected chi connectivity index (χ4v) is 4.04. The molecule has 160 valence electrons. The number of benzene rings is 2. The highest BCUT2D eigenvalue weighted by Gasteiger charge is 2.26. The second-order valence-electron chi connectivity index (χ2n) is 8.02. The summed E-state index contributed by atoms with van der Waals surface area (Å²) in [6, 6.07) is 17.2. The first-order chi connectivity index (χ1) is 15.1. The zero-order chi connectivity index (χ0) is 21.8. The van der Waals surface area contributed by atoms with E-state index in [1.54, 1.807) is 16.8 Å². The van der Waals surface area contributed by atoms with E-state index >= 15 is 0 Å². The van der Waals surface area contributed by atoms with Gasteiger partial charge in [0.05, 0.1) is 5.69 Å². The van der Waals surface area contributed by atoms with E-state index in [1.165, 1.54) is 0 Å². The number of aryl methyl sites for hydroxylation is 1. The zero-order valence-corrected chi connectivity index (χ0v) is 18.2. The number of halogens is 1.